The van der Waals surface area contributed by atoms with Gasteiger partial charge in [0.15, 0.2) is 0 Å². The van der Waals surface area contributed by atoms with Crippen molar-refractivity contribution < 1.29 is 25.1 Å². The third-order valence-electron chi connectivity index (χ3n) is 0. The quantitative estimate of drug-likeness (QED) is 0.286. The van der Waals surface area contributed by atoms with Gasteiger partial charge in [0.2, 0.25) is 0 Å². The van der Waals surface area contributed by atoms with Crippen LogP contribution in [0.25, 0.3) is 0 Å². The van der Waals surface area contributed by atoms with Crippen LogP contribution < -0.4 is 0 Å². The van der Waals surface area contributed by atoms with Crippen LogP contribution in [0, 0.1) is 0 Å². The van der Waals surface area contributed by atoms with Crippen molar-refractivity contribution in [3.05, 3.63) is 0 Å². The first-order valence-corrected chi connectivity index (χ1v) is 4.34. The molecule has 9 heavy (non-hydrogen) atoms. The molecule has 52 valence electrons. The first-order valence-electron chi connectivity index (χ1n) is 1.31. The summed E-state index contributed by atoms with van der Waals surface area (Å²) in [5.41, 5.74) is 0. The van der Waals surface area contributed by atoms with Crippen molar-refractivity contribution in [2.24, 2.45) is 0 Å². The first-order chi connectivity index (χ1) is 3.46. The average molecular weight is 280 g/mol. The second kappa shape index (κ2) is 12.7. The number of hydrogen-bond donors (Lipinski definition) is 5. The van der Waals surface area contributed by atoms with E-state index in [9.17, 15) is 0 Å². The monoisotopic (exact) mass is 282 g/mol. The third-order valence-corrected chi connectivity index (χ3v) is 0. The van der Waals surface area contributed by atoms with E-state index in [1.807, 2.05) is 0 Å². The summed E-state index contributed by atoms with van der Waals surface area (Å²) in [4.78, 5) is 0. The van der Waals surface area contributed by atoms with E-state index < -0.39 is 27.7 Å². The second-order valence-electron chi connectivity index (χ2n) is 0.577. The summed E-state index contributed by atoms with van der Waals surface area (Å²) in [6.45, 7) is 0. The van der Waals surface area contributed by atoms with Gasteiger partial charge in [-0.15, -0.1) is 0 Å². The summed E-state index contributed by atoms with van der Waals surface area (Å²) in [5.74, 6) is 0. The zero-order valence-corrected chi connectivity index (χ0v) is 5.96. The molecular weight excluding hydrogens is 274 g/mol. The minimum absolute atomic E-state index is 0. The fourth-order valence-electron chi connectivity index (χ4n) is 0. The van der Waals surface area contributed by atoms with Crippen LogP contribution in [0.2, 0.25) is 0 Å². The molecule has 0 aromatic carbocycles. The molecule has 0 saturated heterocycles. The van der Waals surface area contributed by atoms with Crippen LogP contribution in [0.5, 0.6) is 0 Å². The Bertz CT molecular complexity index is 57.3. The predicted molar refractivity (Wildman–Crippen MR) is 30.4 cm³/mol. The van der Waals surface area contributed by atoms with Crippen molar-refractivity contribution in [3.63, 3.8) is 0 Å². The molecule has 0 fully saturated rings. The van der Waals surface area contributed by atoms with Crippen LogP contribution >= 0.6 is 0 Å². The molecule has 0 aliphatic carbocycles. The standard InChI is InChI=1S/BH3O3.K.H2O3Te.H/c2-1(3)4;;1-4(2)3;/h2-4H;;(H2,1,2,3);. The fraction of sp³-hybridized carbons (Fsp3) is 0. The molecule has 0 aliphatic heterocycles. The average Bonchev–Trinajstić information content (AvgIpc) is 1.25. The summed E-state index contributed by atoms with van der Waals surface area (Å²) < 4.78 is 23.3. The Labute approximate surface area is 102 Å². The maximum absolute atomic E-state index is 8.81. The molecule has 0 bridgehead atoms. The van der Waals surface area contributed by atoms with E-state index in [2.05, 4.69) is 0 Å². The zero-order chi connectivity index (χ0) is 7.15. The van der Waals surface area contributed by atoms with Gasteiger partial charge in [-0.1, -0.05) is 0 Å². The molecule has 0 amide bonds. The van der Waals surface area contributed by atoms with E-state index in [0.29, 0.717) is 0 Å². The number of rotatable bonds is 0. The molecular formula is H6BKO6Te. The van der Waals surface area contributed by atoms with Gasteiger partial charge in [-0.2, -0.15) is 0 Å². The summed E-state index contributed by atoms with van der Waals surface area (Å²) in [5, 5.41) is 21.5. The summed E-state index contributed by atoms with van der Waals surface area (Å²) in [6, 6.07) is 0. The van der Waals surface area contributed by atoms with E-state index in [0.717, 1.165) is 0 Å². The Morgan fingerprint density at radius 2 is 1.11 bits per heavy atom. The van der Waals surface area contributed by atoms with Crippen molar-refractivity contribution in [2.45, 2.75) is 0 Å². The van der Waals surface area contributed by atoms with E-state index in [1.165, 1.54) is 0 Å². The SMILES string of the molecule is O=[Te](O)O.OB(O)O.[KH]. The second-order valence-corrected chi connectivity index (χ2v) is 1.89. The van der Waals surface area contributed by atoms with Gasteiger partial charge in [-0.3, -0.25) is 0 Å². The number of hydrogen-bond acceptors (Lipinski definition) is 4. The van der Waals surface area contributed by atoms with Crippen LogP contribution in [0.3, 0.4) is 0 Å². The minimum atomic E-state index is -3.61. The molecule has 0 aromatic rings. The van der Waals surface area contributed by atoms with Crippen molar-refractivity contribution >= 4 is 79.1 Å². The molecule has 0 saturated carbocycles. The van der Waals surface area contributed by atoms with Crippen molar-refractivity contribution in [1.29, 1.82) is 0 Å². The molecule has 0 spiro atoms. The summed E-state index contributed by atoms with van der Waals surface area (Å²) in [6.07, 6.45) is 0. The molecule has 0 atom stereocenters. The third kappa shape index (κ3) is 151. The van der Waals surface area contributed by atoms with Gasteiger partial charge in [-0.05, 0) is 0 Å². The van der Waals surface area contributed by atoms with Gasteiger partial charge in [0, 0.05) is 0 Å². The topological polar surface area (TPSA) is 118 Å². The van der Waals surface area contributed by atoms with Crippen LogP contribution in [0.15, 0.2) is 0 Å². The Morgan fingerprint density at radius 3 is 1.11 bits per heavy atom. The molecule has 0 aromatic heterocycles. The van der Waals surface area contributed by atoms with E-state index in [4.69, 9.17) is 25.1 Å². The molecule has 0 heterocycles. The van der Waals surface area contributed by atoms with Crippen molar-refractivity contribution in [3.8, 4) is 0 Å². The molecule has 0 unspecified atom stereocenters. The van der Waals surface area contributed by atoms with Crippen LogP contribution in [-0.2, 0) is 3.10 Å². The van der Waals surface area contributed by atoms with Gasteiger partial charge >= 0.3 is 89.1 Å². The van der Waals surface area contributed by atoms with Gasteiger partial charge in [0.25, 0.3) is 0 Å². The summed E-state index contributed by atoms with van der Waals surface area (Å²) in [7, 11) is -2.17. The molecule has 6 nitrogen and oxygen atoms in total. The Hall–Kier alpha value is 2.09. The van der Waals surface area contributed by atoms with Crippen LogP contribution in [0.1, 0.15) is 0 Å². The Kier molecular flexibility index (Phi) is 24.4. The summed E-state index contributed by atoms with van der Waals surface area (Å²) >= 11 is -3.61. The van der Waals surface area contributed by atoms with Gasteiger partial charge in [0.1, 0.15) is 0 Å². The Balaban J connectivity index is -0.0000000720. The predicted octanol–water partition coefficient (Wildman–Crippen LogP) is -4.31. The van der Waals surface area contributed by atoms with Crippen LogP contribution in [0.4, 0.5) is 0 Å². The van der Waals surface area contributed by atoms with Gasteiger partial charge < -0.3 is 15.1 Å². The van der Waals surface area contributed by atoms with Crippen molar-refractivity contribution in [2.75, 3.05) is 0 Å². The van der Waals surface area contributed by atoms with Gasteiger partial charge in [0.05, 0.1) is 0 Å². The first kappa shape index (κ1) is 17.3. The zero-order valence-electron chi connectivity index (χ0n) is 3.63. The van der Waals surface area contributed by atoms with E-state index in [-0.39, 0.29) is 51.4 Å². The van der Waals surface area contributed by atoms with E-state index >= 15 is 0 Å². The van der Waals surface area contributed by atoms with Crippen molar-refractivity contribution in [1.82, 2.24) is 0 Å². The fourth-order valence-corrected chi connectivity index (χ4v) is 0. The Morgan fingerprint density at radius 1 is 1.11 bits per heavy atom. The molecule has 0 radical (unpaired) electrons. The van der Waals surface area contributed by atoms with Crippen LogP contribution in [-0.4, -0.2) is 101 Å². The molecule has 5 N–H and O–H groups in total. The molecule has 9 heteroatoms. The molecule has 0 aliphatic rings. The van der Waals surface area contributed by atoms with E-state index in [1.54, 1.807) is 0 Å². The molecule has 0 rings (SSSR count). The van der Waals surface area contributed by atoms with Gasteiger partial charge in [-0.25, -0.2) is 0 Å². The maximum atomic E-state index is 8.81. The normalized spacial score (nSPS) is 6.89.